The van der Waals surface area contributed by atoms with E-state index in [0.29, 0.717) is 3.63 Å². The zero-order valence-corrected chi connectivity index (χ0v) is 22.1. The molecule has 2 unspecified atom stereocenters. The average molecular weight is 527 g/mol. The van der Waals surface area contributed by atoms with Crippen LogP contribution in [0, 0.1) is 0 Å². The van der Waals surface area contributed by atoms with Gasteiger partial charge >= 0.3 is 177 Å². The minimum absolute atomic E-state index is 0. The van der Waals surface area contributed by atoms with Gasteiger partial charge in [-0.05, 0) is 0 Å². The van der Waals surface area contributed by atoms with E-state index in [2.05, 4.69) is 110 Å². The quantitative estimate of drug-likeness (QED) is 0.448. The van der Waals surface area contributed by atoms with Gasteiger partial charge in [0.15, 0.2) is 0 Å². The molecule has 0 N–H and O–H groups in total. The molecule has 0 radical (unpaired) electrons. The Hall–Kier alpha value is -1.18. The molecular weight excluding hydrogens is 503 g/mol. The predicted octanol–water partition coefficient (Wildman–Crippen LogP) is 1.07. The molecule has 3 aromatic rings. The minimum Gasteiger partial charge on any atom is -1.00 e. The Labute approximate surface area is 200 Å². The van der Waals surface area contributed by atoms with Crippen molar-refractivity contribution in [3.63, 3.8) is 0 Å². The molecule has 30 heavy (non-hydrogen) atoms. The Balaban J connectivity index is 0.00000128. The summed E-state index contributed by atoms with van der Waals surface area (Å²) in [5.41, 5.74) is 8.54. The van der Waals surface area contributed by atoms with E-state index in [9.17, 15) is 0 Å². The number of allylic oxidation sites excluding steroid dienone is 2. The molecule has 0 fully saturated rings. The molecule has 0 amide bonds. The zero-order chi connectivity index (χ0) is 19.1. The number of halogens is 2. The van der Waals surface area contributed by atoms with E-state index in [0.717, 1.165) is 3.63 Å². The van der Waals surface area contributed by atoms with Crippen molar-refractivity contribution in [1.82, 2.24) is 0 Å². The molecular formula is C26H24Cl2SiZr. The van der Waals surface area contributed by atoms with Crippen molar-refractivity contribution in [3.8, 4) is 11.1 Å². The van der Waals surface area contributed by atoms with Crippen molar-refractivity contribution >= 4 is 17.6 Å². The first-order valence-electron chi connectivity index (χ1n) is 10.0. The van der Waals surface area contributed by atoms with Crippen LogP contribution >= 0.6 is 0 Å². The van der Waals surface area contributed by atoms with Gasteiger partial charge in [0.25, 0.3) is 0 Å². The Morgan fingerprint density at radius 2 is 1.30 bits per heavy atom. The maximum Gasteiger partial charge on any atom is -1.00 e. The van der Waals surface area contributed by atoms with Gasteiger partial charge < -0.3 is 24.8 Å². The van der Waals surface area contributed by atoms with E-state index < -0.39 is 20.4 Å². The van der Waals surface area contributed by atoms with Crippen LogP contribution in [0.15, 0.2) is 84.9 Å². The van der Waals surface area contributed by atoms with E-state index in [1.54, 1.807) is 11.1 Å². The molecule has 0 saturated carbocycles. The molecule has 2 aliphatic rings. The first-order chi connectivity index (χ1) is 13.7. The van der Waals surface area contributed by atoms with Crippen LogP contribution in [-0.4, -0.2) is 5.43 Å². The van der Waals surface area contributed by atoms with Crippen LogP contribution in [0.25, 0.3) is 23.3 Å². The smallest absolute Gasteiger partial charge is 1.00 e. The van der Waals surface area contributed by atoms with E-state index in [4.69, 9.17) is 0 Å². The Kier molecular flexibility index (Phi) is 7.80. The number of fused-ring (bicyclic) bond motifs is 2. The molecule has 0 nitrogen and oxygen atoms in total. The van der Waals surface area contributed by atoms with Gasteiger partial charge in [0.2, 0.25) is 0 Å². The molecule has 4 heteroatoms. The van der Waals surface area contributed by atoms with Crippen molar-refractivity contribution in [2.75, 3.05) is 0 Å². The summed E-state index contributed by atoms with van der Waals surface area (Å²) in [7, 11) is 0. The van der Waals surface area contributed by atoms with E-state index in [1.807, 2.05) is 0 Å². The number of hydrogen-bond acceptors (Lipinski definition) is 0. The van der Waals surface area contributed by atoms with Crippen LogP contribution in [-0.2, 0) is 20.4 Å². The van der Waals surface area contributed by atoms with Crippen LogP contribution in [0.3, 0.4) is 0 Å². The summed E-state index contributed by atoms with van der Waals surface area (Å²) >= 11 is -1.79. The van der Waals surface area contributed by atoms with Gasteiger partial charge in [0, 0.05) is 0 Å². The number of benzene rings is 3. The Morgan fingerprint density at radius 3 is 2.07 bits per heavy atom. The molecule has 0 bridgehead atoms. The molecule has 0 aromatic heterocycles. The SMILES string of the molecule is C[Si](C)=[Zr+2]([CH]1C=Cc2ccccc21)[CH]1C=Cc2c(-c3ccccc3)cccc21.[Cl-].[Cl-]. The van der Waals surface area contributed by atoms with Crippen molar-refractivity contribution < 1.29 is 45.2 Å². The van der Waals surface area contributed by atoms with Gasteiger partial charge in [-0.1, -0.05) is 0 Å². The van der Waals surface area contributed by atoms with Gasteiger partial charge in [0.1, 0.15) is 0 Å². The molecule has 5 rings (SSSR count). The maximum atomic E-state index is 2.57. The summed E-state index contributed by atoms with van der Waals surface area (Å²) in [6, 6.07) is 26.9. The molecule has 0 spiro atoms. The first kappa shape index (κ1) is 23.5. The molecule has 150 valence electrons. The van der Waals surface area contributed by atoms with Crippen LogP contribution in [0.4, 0.5) is 0 Å². The summed E-state index contributed by atoms with van der Waals surface area (Å²) in [6.07, 6.45) is 9.92. The fourth-order valence-electron chi connectivity index (χ4n) is 4.81. The predicted molar refractivity (Wildman–Crippen MR) is 119 cm³/mol. The summed E-state index contributed by atoms with van der Waals surface area (Å²) in [4.78, 5) is 0. The fourth-order valence-corrected chi connectivity index (χ4v) is 23.6. The van der Waals surface area contributed by atoms with Crippen molar-refractivity contribution in [1.29, 1.82) is 0 Å². The van der Waals surface area contributed by atoms with Crippen LogP contribution < -0.4 is 24.8 Å². The van der Waals surface area contributed by atoms with E-state index >= 15 is 0 Å². The molecule has 0 saturated heterocycles. The van der Waals surface area contributed by atoms with Gasteiger partial charge in [0.05, 0.1) is 0 Å². The largest absolute Gasteiger partial charge is 1.00 e. The molecule has 2 aliphatic carbocycles. The molecule has 0 aliphatic heterocycles. The summed E-state index contributed by atoms with van der Waals surface area (Å²) in [5.74, 6) is 0. The summed E-state index contributed by atoms with van der Waals surface area (Å²) in [5, 5.41) is 0. The second-order valence-electron chi connectivity index (χ2n) is 7.93. The first-order valence-corrected chi connectivity index (χ1v) is 19.1. The topological polar surface area (TPSA) is 0 Å². The van der Waals surface area contributed by atoms with E-state index in [1.165, 1.54) is 22.3 Å². The van der Waals surface area contributed by atoms with Crippen LogP contribution in [0.2, 0.25) is 13.1 Å². The summed E-state index contributed by atoms with van der Waals surface area (Å²) in [6.45, 7) is 5.14. The van der Waals surface area contributed by atoms with Gasteiger partial charge in [-0.3, -0.25) is 0 Å². The minimum atomic E-state index is -1.79. The fraction of sp³-hybridized carbons (Fsp3) is 0.154. The van der Waals surface area contributed by atoms with Crippen molar-refractivity contribution in [3.05, 3.63) is 107 Å². The normalized spacial score (nSPS) is 17.2. The van der Waals surface area contributed by atoms with Gasteiger partial charge in [-0.2, -0.15) is 0 Å². The third-order valence-corrected chi connectivity index (χ3v) is 25.2. The van der Waals surface area contributed by atoms with E-state index in [-0.39, 0.29) is 30.2 Å². The number of rotatable bonds is 3. The standard InChI is InChI=1S/C15H11.C9H7.C2H6Si.2ClH.Zr/c1-2-6-12(7-3-1)14-10-4-8-13-9-5-11-15(13)14;1-2-5-9-7-3-6-8(9)4-1;1-3-2;;;/h1-11H;1-7H;1-2H3;2*1H;/q;;;;;+2/p-2. The molecule has 0 heterocycles. The second-order valence-corrected chi connectivity index (χ2v) is 26.0. The van der Waals surface area contributed by atoms with Crippen LogP contribution in [0.1, 0.15) is 29.5 Å². The molecule has 3 aromatic carbocycles. The molecule has 2 atom stereocenters. The van der Waals surface area contributed by atoms with Gasteiger partial charge in [-0.25, -0.2) is 0 Å². The Morgan fingerprint density at radius 1 is 0.667 bits per heavy atom. The monoisotopic (exact) mass is 524 g/mol. The Bertz CT molecular complexity index is 1140. The zero-order valence-electron chi connectivity index (χ0n) is 17.1. The maximum absolute atomic E-state index is 2.57. The number of hydrogen-bond donors (Lipinski definition) is 0. The summed E-state index contributed by atoms with van der Waals surface area (Å²) < 4.78 is 1.43. The van der Waals surface area contributed by atoms with Crippen LogP contribution in [0.5, 0.6) is 0 Å². The third-order valence-electron chi connectivity index (χ3n) is 6.06. The average Bonchev–Trinajstić information content (AvgIpc) is 3.34. The van der Waals surface area contributed by atoms with Crippen molar-refractivity contribution in [2.24, 2.45) is 0 Å². The van der Waals surface area contributed by atoms with Gasteiger partial charge in [-0.15, -0.1) is 0 Å². The third kappa shape index (κ3) is 4.13. The van der Waals surface area contributed by atoms with Crippen molar-refractivity contribution in [2.45, 2.75) is 20.3 Å². The second kappa shape index (κ2) is 9.96.